The summed E-state index contributed by atoms with van der Waals surface area (Å²) >= 11 is 0. The lowest BCUT2D eigenvalue weighted by atomic mass is 10.2. The van der Waals surface area contributed by atoms with E-state index >= 15 is 0 Å². The topological polar surface area (TPSA) is 115 Å². The number of nitrogens with two attached hydrogens (primary N) is 1. The van der Waals surface area contributed by atoms with Gasteiger partial charge in [0.05, 0.1) is 11.9 Å². The predicted octanol–water partition coefficient (Wildman–Crippen LogP) is 2.25. The number of hydrogen-bond donors (Lipinski definition) is 3. The number of rotatable bonds is 4. The molecule has 8 nitrogen and oxygen atoms in total. The molecule has 3 aromatic heterocycles. The smallest absolute Gasteiger partial charge is 0.268 e. The maximum absolute atomic E-state index is 13.8. The summed E-state index contributed by atoms with van der Waals surface area (Å²) < 4.78 is 16.7. The van der Waals surface area contributed by atoms with Crippen LogP contribution in [0, 0.1) is 11.2 Å². The van der Waals surface area contributed by atoms with E-state index < -0.39 is 0 Å². The minimum Gasteiger partial charge on any atom is -0.368 e. The molecule has 146 valence electrons. The summed E-state index contributed by atoms with van der Waals surface area (Å²) in [6, 6.07) is 11.7. The number of fused-ring (bicyclic) bond motifs is 1. The quantitative estimate of drug-likeness (QED) is 0.366. The van der Waals surface area contributed by atoms with Crippen molar-refractivity contribution in [3.8, 4) is 11.3 Å². The molecule has 4 aromatic rings. The zero-order valence-corrected chi connectivity index (χ0v) is 15.6. The largest absolute Gasteiger partial charge is 0.368 e. The van der Waals surface area contributed by atoms with Crippen molar-refractivity contribution in [3.05, 3.63) is 71.9 Å². The Balaban J connectivity index is 1.60. The fourth-order valence-electron chi connectivity index (χ4n) is 3.07. The molecular formula is C20H18FN7O. The number of nitrogens with one attached hydrogen (secondary N) is 2. The number of halogens is 1. The molecule has 0 saturated heterocycles. The molecule has 0 unspecified atom stereocenters. The van der Waals surface area contributed by atoms with Gasteiger partial charge in [-0.25, -0.2) is 14.1 Å². The molecule has 0 saturated carbocycles. The van der Waals surface area contributed by atoms with Crippen molar-refractivity contribution >= 4 is 22.9 Å². The van der Waals surface area contributed by atoms with Crippen LogP contribution in [0.1, 0.15) is 16.1 Å². The van der Waals surface area contributed by atoms with Crippen molar-refractivity contribution in [3.63, 3.8) is 0 Å². The molecule has 0 spiro atoms. The Hall–Kier alpha value is -4.01. The Morgan fingerprint density at radius 1 is 1.28 bits per heavy atom. The third-order valence-electron chi connectivity index (χ3n) is 4.63. The summed E-state index contributed by atoms with van der Waals surface area (Å²) in [6.45, 7) is 0.0932. The molecule has 0 atom stereocenters. The SMILES string of the molecule is Cn1c(C(=O)NCc2ccccc2F)cc2ccc(-c3cnn(C(=N)N)c3)nc21. The van der Waals surface area contributed by atoms with E-state index in [1.165, 1.54) is 10.7 Å². The number of carbonyl (C=O) groups is 1. The van der Waals surface area contributed by atoms with Gasteiger partial charge < -0.3 is 15.6 Å². The number of pyridine rings is 1. The van der Waals surface area contributed by atoms with Crippen LogP contribution in [0.5, 0.6) is 0 Å². The van der Waals surface area contributed by atoms with Gasteiger partial charge in [0, 0.05) is 36.3 Å². The first-order valence-corrected chi connectivity index (χ1v) is 8.81. The standard InChI is InChI=1S/C20H18FN7O/c1-27-17(19(29)24-9-13-4-2-3-5-15(13)21)8-12-6-7-16(26-18(12)27)14-10-25-28(11-14)20(22)23/h2-8,10-11H,9H2,1H3,(H3,22,23)(H,24,29). The van der Waals surface area contributed by atoms with Gasteiger partial charge in [-0.2, -0.15) is 5.10 Å². The molecule has 0 bridgehead atoms. The Morgan fingerprint density at radius 3 is 2.79 bits per heavy atom. The Kier molecular flexibility index (Phi) is 4.55. The molecule has 0 aliphatic rings. The minimum absolute atomic E-state index is 0.0932. The van der Waals surface area contributed by atoms with Crippen LogP contribution in [0.2, 0.25) is 0 Å². The summed E-state index contributed by atoms with van der Waals surface area (Å²) in [5.74, 6) is -0.869. The van der Waals surface area contributed by atoms with E-state index in [0.29, 0.717) is 28.2 Å². The van der Waals surface area contributed by atoms with Crippen LogP contribution in [0.4, 0.5) is 4.39 Å². The molecule has 0 aliphatic carbocycles. The minimum atomic E-state index is -0.359. The van der Waals surface area contributed by atoms with Crippen molar-refractivity contribution < 1.29 is 9.18 Å². The van der Waals surface area contributed by atoms with Gasteiger partial charge in [-0.3, -0.25) is 10.2 Å². The van der Waals surface area contributed by atoms with Crippen LogP contribution >= 0.6 is 0 Å². The first-order chi connectivity index (χ1) is 13.9. The van der Waals surface area contributed by atoms with Crippen LogP contribution in [-0.2, 0) is 13.6 Å². The Bertz CT molecular complexity index is 1240. The van der Waals surface area contributed by atoms with E-state index in [1.54, 1.807) is 48.3 Å². The highest BCUT2D eigenvalue weighted by Crippen LogP contribution is 2.23. The molecule has 1 amide bonds. The molecule has 4 N–H and O–H groups in total. The van der Waals surface area contributed by atoms with Gasteiger partial charge >= 0.3 is 0 Å². The van der Waals surface area contributed by atoms with Crippen LogP contribution in [0.15, 0.2) is 54.9 Å². The lowest BCUT2D eigenvalue weighted by molar-refractivity contribution is 0.0943. The van der Waals surface area contributed by atoms with Gasteiger partial charge in [0.25, 0.3) is 5.91 Å². The van der Waals surface area contributed by atoms with Gasteiger partial charge in [-0.1, -0.05) is 18.2 Å². The molecule has 0 fully saturated rings. The Labute approximate surface area is 165 Å². The first-order valence-electron chi connectivity index (χ1n) is 8.81. The zero-order chi connectivity index (χ0) is 20.5. The van der Waals surface area contributed by atoms with Gasteiger partial charge in [0.15, 0.2) is 0 Å². The van der Waals surface area contributed by atoms with Crippen LogP contribution in [-0.4, -0.2) is 31.2 Å². The van der Waals surface area contributed by atoms with Gasteiger partial charge in [-0.15, -0.1) is 0 Å². The summed E-state index contributed by atoms with van der Waals surface area (Å²) in [7, 11) is 1.75. The summed E-state index contributed by atoms with van der Waals surface area (Å²) in [6.07, 6.45) is 3.18. The number of aromatic nitrogens is 4. The second-order valence-corrected chi connectivity index (χ2v) is 6.53. The number of nitrogens with zero attached hydrogens (tertiary/aromatic N) is 4. The van der Waals surface area contributed by atoms with E-state index in [2.05, 4.69) is 15.4 Å². The molecular weight excluding hydrogens is 373 g/mol. The Morgan fingerprint density at radius 2 is 2.07 bits per heavy atom. The van der Waals surface area contributed by atoms with E-state index in [0.717, 1.165) is 5.39 Å². The number of carbonyl (C=O) groups excluding carboxylic acids is 1. The van der Waals surface area contributed by atoms with Crippen molar-refractivity contribution in [2.75, 3.05) is 0 Å². The monoisotopic (exact) mass is 391 g/mol. The molecule has 0 aliphatic heterocycles. The summed E-state index contributed by atoms with van der Waals surface area (Å²) in [5, 5.41) is 15.0. The second-order valence-electron chi connectivity index (χ2n) is 6.53. The van der Waals surface area contributed by atoms with Crippen LogP contribution < -0.4 is 11.1 Å². The highest BCUT2D eigenvalue weighted by atomic mass is 19.1. The van der Waals surface area contributed by atoms with Gasteiger partial charge in [0.2, 0.25) is 5.96 Å². The number of hydrogen-bond acceptors (Lipinski definition) is 4. The second kappa shape index (κ2) is 7.19. The van der Waals surface area contributed by atoms with E-state index in [-0.39, 0.29) is 24.2 Å². The highest BCUT2D eigenvalue weighted by molar-refractivity contribution is 5.98. The number of benzene rings is 1. The zero-order valence-electron chi connectivity index (χ0n) is 15.6. The van der Waals surface area contributed by atoms with E-state index in [9.17, 15) is 9.18 Å². The highest BCUT2D eigenvalue weighted by Gasteiger charge is 2.16. The number of nitrogen functional groups attached to an aromatic ring is 1. The summed E-state index contributed by atoms with van der Waals surface area (Å²) in [5.41, 5.74) is 8.23. The van der Waals surface area contributed by atoms with Gasteiger partial charge in [0.1, 0.15) is 17.2 Å². The first kappa shape index (κ1) is 18.4. The van der Waals surface area contributed by atoms with Crippen molar-refractivity contribution in [1.82, 2.24) is 24.6 Å². The molecule has 29 heavy (non-hydrogen) atoms. The van der Waals surface area contributed by atoms with Gasteiger partial charge in [-0.05, 0) is 24.3 Å². The fraction of sp³-hybridized carbons (Fsp3) is 0.100. The third-order valence-corrected chi connectivity index (χ3v) is 4.63. The lowest BCUT2D eigenvalue weighted by Gasteiger charge is -2.07. The van der Waals surface area contributed by atoms with E-state index in [4.69, 9.17) is 11.1 Å². The average molecular weight is 391 g/mol. The lowest BCUT2D eigenvalue weighted by Crippen LogP contribution is -2.25. The average Bonchev–Trinajstić information content (AvgIpc) is 3.32. The van der Waals surface area contributed by atoms with Crippen LogP contribution in [0.25, 0.3) is 22.3 Å². The molecule has 0 radical (unpaired) electrons. The van der Waals surface area contributed by atoms with Crippen molar-refractivity contribution in [2.45, 2.75) is 6.54 Å². The number of aryl methyl sites for hydroxylation is 1. The van der Waals surface area contributed by atoms with E-state index in [1.807, 2.05) is 12.1 Å². The maximum atomic E-state index is 13.8. The molecule has 9 heteroatoms. The maximum Gasteiger partial charge on any atom is 0.268 e. The molecule has 4 rings (SSSR count). The van der Waals surface area contributed by atoms with Crippen molar-refractivity contribution in [1.29, 1.82) is 5.41 Å². The van der Waals surface area contributed by atoms with Crippen LogP contribution in [0.3, 0.4) is 0 Å². The van der Waals surface area contributed by atoms with Crippen molar-refractivity contribution in [2.24, 2.45) is 12.8 Å². The summed E-state index contributed by atoms with van der Waals surface area (Å²) in [4.78, 5) is 17.2. The fourth-order valence-corrected chi connectivity index (χ4v) is 3.07. The normalized spacial score (nSPS) is 11.0. The predicted molar refractivity (Wildman–Crippen MR) is 107 cm³/mol. The third kappa shape index (κ3) is 3.45. The number of amides is 1. The molecule has 1 aromatic carbocycles. The molecule has 3 heterocycles.